The maximum Gasteiger partial charge on any atom is 0.414 e. The average Bonchev–Trinajstić information content (AvgIpc) is 3.32. The van der Waals surface area contributed by atoms with E-state index in [0.717, 1.165) is 26.2 Å². The van der Waals surface area contributed by atoms with Crippen LogP contribution in [0.15, 0.2) is 48.5 Å². The predicted octanol–water partition coefficient (Wildman–Crippen LogP) is 2.26. The van der Waals surface area contributed by atoms with Crippen molar-refractivity contribution < 1.29 is 33.4 Å². The van der Waals surface area contributed by atoms with Gasteiger partial charge in [0.05, 0.1) is 25.1 Å². The Labute approximate surface area is 238 Å². The summed E-state index contributed by atoms with van der Waals surface area (Å²) in [5, 5.41) is 10.8. The van der Waals surface area contributed by atoms with Crippen LogP contribution in [0.4, 0.5) is 10.5 Å². The van der Waals surface area contributed by atoms with Gasteiger partial charge in [-0.05, 0) is 43.3 Å². The molecule has 0 bridgehead atoms. The van der Waals surface area contributed by atoms with E-state index in [2.05, 4.69) is 15.1 Å². The number of carbonyl (C=O) groups is 4. The first kappa shape index (κ1) is 29.7. The van der Waals surface area contributed by atoms with Crippen LogP contribution in [0, 0.1) is 5.41 Å². The van der Waals surface area contributed by atoms with Gasteiger partial charge in [0.15, 0.2) is 0 Å². The van der Waals surface area contributed by atoms with Gasteiger partial charge in [0.25, 0.3) is 5.91 Å². The smallest absolute Gasteiger partial charge is 0.414 e. The standard InChI is InChI=1S/C29H35N5O7/c1-3-39-26(36)12-13-32-14-16-33(17-15-32)18-23-19-34(29(38)41-23)22-10-8-21(9-11-22)27(30)31-28(37)24-6-4-5-7-25(24)40-20(2)35/h4-11,23H,3,12-19H2,1-2H3,(H2,30,31,37). The lowest BCUT2D eigenvalue weighted by molar-refractivity contribution is -0.143. The highest BCUT2D eigenvalue weighted by molar-refractivity contribution is 6.12. The molecule has 2 N–H and O–H groups in total. The van der Waals surface area contributed by atoms with E-state index in [-0.39, 0.29) is 29.2 Å². The van der Waals surface area contributed by atoms with E-state index in [1.54, 1.807) is 48.2 Å². The van der Waals surface area contributed by atoms with E-state index >= 15 is 0 Å². The summed E-state index contributed by atoms with van der Waals surface area (Å²) in [6, 6.07) is 13.0. The molecule has 2 fully saturated rings. The lowest BCUT2D eigenvalue weighted by Crippen LogP contribution is -2.49. The molecule has 41 heavy (non-hydrogen) atoms. The van der Waals surface area contributed by atoms with Crippen LogP contribution in [0.3, 0.4) is 0 Å². The molecule has 0 saturated carbocycles. The first-order valence-electron chi connectivity index (χ1n) is 13.6. The number of hydrogen-bond donors (Lipinski definition) is 2. The second kappa shape index (κ2) is 13.9. The molecule has 2 saturated heterocycles. The summed E-state index contributed by atoms with van der Waals surface area (Å²) in [6.45, 7) is 8.47. The minimum atomic E-state index is -0.582. The summed E-state index contributed by atoms with van der Waals surface area (Å²) in [4.78, 5) is 54.3. The van der Waals surface area contributed by atoms with Crippen LogP contribution < -0.4 is 15.0 Å². The highest BCUT2D eigenvalue weighted by Crippen LogP contribution is 2.23. The molecule has 2 heterocycles. The number of amidine groups is 1. The minimum absolute atomic E-state index is 0.110. The number of ether oxygens (including phenoxy) is 3. The van der Waals surface area contributed by atoms with Crippen LogP contribution in [0.25, 0.3) is 0 Å². The van der Waals surface area contributed by atoms with E-state index in [1.165, 1.54) is 19.1 Å². The Kier molecular flexibility index (Phi) is 10.0. The molecule has 2 aliphatic rings. The molecule has 1 atom stereocenters. The number of carbonyl (C=O) groups excluding carboxylic acids is 4. The van der Waals surface area contributed by atoms with Crippen LogP contribution >= 0.6 is 0 Å². The molecule has 12 heteroatoms. The number of amides is 2. The van der Waals surface area contributed by atoms with Crippen molar-refractivity contribution in [1.82, 2.24) is 15.1 Å². The van der Waals surface area contributed by atoms with Gasteiger partial charge in [-0.2, -0.15) is 0 Å². The molecule has 218 valence electrons. The fourth-order valence-corrected chi connectivity index (χ4v) is 4.75. The Hall–Kier alpha value is -4.29. The summed E-state index contributed by atoms with van der Waals surface area (Å²) < 4.78 is 15.7. The van der Waals surface area contributed by atoms with Gasteiger partial charge >= 0.3 is 18.0 Å². The molecule has 2 aromatic carbocycles. The van der Waals surface area contributed by atoms with E-state index in [0.29, 0.717) is 43.9 Å². The second-order valence-corrected chi connectivity index (χ2v) is 9.78. The lowest BCUT2D eigenvalue weighted by Gasteiger charge is -2.35. The molecular weight excluding hydrogens is 530 g/mol. The van der Waals surface area contributed by atoms with Crippen LogP contribution in [-0.4, -0.2) is 98.1 Å². The Bertz CT molecular complexity index is 1270. The summed E-state index contributed by atoms with van der Waals surface area (Å²) in [5.74, 6) is -1.34. The molecule has 1 unspecified atom stereocenters. The zero-order valence-corrected chi connectivity index (χ0v) is 23.3. The number of para-hydroxylation sites is 1. The maximum atomic E-state index is 12.7. The number of nitrogens with zero attached hydrogens (tertiary/aromatic N) is 3. The average molecular weight is 566 g/mol. The Morgan fingerprint density at radius 3 is 2.39 bits per heavy atom. The molecule has 2 aromatic rings. The van der Waals surface area contributed by atoms with Gasteiger partial charge in [0.2, 0.25) is 0 Å². The second-order valence-electron chi connectivity index (χ2n) is 9.78. The van der Waals surface area contributed by atoms with Gasteiger partial charge in [0, 0.05) is 57.4 Å². The summed E-state index contributed by atoms with van der Waals surface area (Å²) in [6.07, 6.45) is -0.318. The van der Waals surface area contributed by atoms with Gasteiger partial charge in [-0.3, -0.25) is 29.6 Å². The minimum Gasteiger partial charge on any atom is -0.466 e. The van der Waals surface area contributed by atoms with Crippen molar-refractivity contribution in [2.75, 3.05) is 57.3 Å². The number of piperazine rings is 1. The number of hydrogen-bond acceptors (Lipinski definition) is 10. The quantitative estimate of drug-likeness (QED) is 0.192. The summed E-state index contributed by atoms with van der Waals surface area (Å²) >= 11 is 0. The molecular formula is C29H35N5O7. The molecule has 0 aliphatic carbocycles. The van der Waals surface area contributed by atoms with Gasteiger partial charge in [0.1, 0.15) is 17.7 Å². The van der Waals surface area contributed by atoms with Gasteiger partial charge < -0.3 is 24.4 Å². The first-order chi connectivity index (χ1) is 19.7. The number of cyclic esters (lactones) is 1. The predicted molar refractivity (Wildman–Crippen MR) is 150 cm³/mol. The third kappa shape index (κ3) is 8.12. The maximum absolute atomic E-state index is 12.7. The number of rotatable bonds is 10. The monoisotopic (exact) mass is 565 g/mol. The van der Waals surface area contributed by atoms with Crippen LogP contribution in [-0.2, 0) is 19.1 Å². The highest BCUT2D eigenvalue weighted by atomic mass is 16.6. The van der Waals surface area contributed by atoms with Crippen molar-refractivity contribution in [2.24, 2.45) is 0 Å². The van der Waals surface area contributed by atoms with Crippen molar-refractivity contribution in [3.8, 4) is 5.75 Å². The fraction of sp³-hybridized carbons (Fsp3) is 0.414. The van der Waals surface area contributed by atoms with Crippen molar-refractivity contribution in [2.45, 2.75) is 26.4 Å². The molecule has 0 radical (unpaired) electrons. The van der Waals surface area contributed by atoms with Crippen molar-refractivity contribution in [3.05, 3.63) is 59.7 Å². The van der Waals surface area contributed by atoms with E-state index in [9.17, 15) is 19.2 Å². The van der Waals surface area contributed by atoms with Gasteiger partial charge in [-0.1, -0.05) is 12.1 Å². The van der Waals surface area contributed by atoms with Crippen molar-refractivity contribution in [1.29, 1.82) is 5.41 Å². The Morgan fingerprint density at radius 1 is 1.02 bits per heavy atom. The molecule has 4 rings (SSSR count). The zero-order valence-electron chi connectivity index (χ0n) is 23.3. The fourth-order valence-electron chi connectivity index (χ4n) is 4.75. The SMILES string of the molecule is CCOC(=O)CCN1CCN(CC2CN(c3ccc(C(=N)NC(=O)c4ccccc4OC(C)=O)cc3)C(=O)O2)CC1. The Balaban J connectivity index is 1.26. The normalized spacial score (nSPS) is 17.6. The summed E-state index contributed by atoms with van der Waals surface area (Å²) in [7, 11) is 0. The lowest BCUT2D eigenvalue weighted by atomic mass is 10.1. The first-order valence-corrected chi connectivity index (χ1v) is 13.6. The third-order valence-electron chi connectivity index (χ3n) is 6.83. The number of esters is 2. The van der Waals surface area contributed by atoms with E-state index < -0.39 is 18.0 Å². The van der Waals surface area contributed by atoms with Crippen LogP contribution in [0.5, 0.6) is 5.75 Å². The van der Waals surface area contributed by atoms with Crippen molar-refractivity contribution in [3.63, 3.8) is 0 Å². The molecule has 2 amide bonds. The third-order valence-corrected chi connectivity index (χ3v) is 6.83. The van der Waals surface area contributed by atoms with Crippen molar-refractivity contribution >= 4 is 35.5 Å². The topological polar surface area (TPSA) is 142 Å². The number of nitrogens with one attached hydrogen (secondary N) is 2. The van der Waals surface area contributed by atoms with Crippen LogP contribution in [0.1, 0.15) is 36.2 Å². The highest BCUT2D eigenvalue weighted by Gasteiger charge is 2.34. The molecule has 0 aromatic heterocycles. The largest absolute Gasteiger partial charge is 0.466 e. The Morgan fingerprint density at radius 2 is 1.71 bits per heavy atom. The van der Waals surface area contributed by atoms with E-state index in [1.807, 2.05) is 0 Å². The van der Waals surface area contributed by atoms with E-state index in [4.69, 9.17) is 19.6 Å². The molecule has 2 aliphatic heterocycles. The molecule has 0 spiro atoms. The van der Waals surface area contributed by atoms with Gasteiger partial charge in [-0.25, -0.2) is 4.79 Å². The number of benzene rings is 2. The zero-order chi connectivity index (χ0) is 29.4. The molecule has 12 nitrogen and oxygen atoms in total. The number of anilines is 1. The van der Waals surface area contributed by atoms with Crippen LogP contribution in [0.2, 0.25) is 0 Å². The van der Waals surface area contributed by atoms with Gasteiger partial charge in [-0.15, -0.1) is 0 Å². The summed E-state index contributed by atoms with van der Waals surface area (Å²) in [5.41, 5.74) is 1.20.